The first-order valence-corrected chi connectivity index (χ1v) is 6.61. The molecule has 2 N–H and O–H groups in total. The van der Waals surface area contributed by atoms with E-state index in [1.807, 2.05) is 19.1 Å². The van der Waals surface area contributed by atoms with E-state index < -0.39 is 0 Å². The number of carbonyl (C=O) groups excluding carboxylic acids is 1. The Morgan fingerprint density at radius 3 is 2.71 bits per heavy atom. The number of nitrogens with one attached hydrogen (secondary N) is 1. The van der Waals surface area contributed by atoms with Crippen LogP contribution in [0.25, 0.3) is 0 Å². The molecule has 2 rings (SSSR count). The van der Waals surface area contributed by atoms with Crippen LogP contribution < -0.4 is 5.32 Å². The number of nitrogens with zero attached hydrogens (tertiary/aromatic N) is 1. The maximum atomic E-state index is 12.1. The minimum Gasteiger partial charge on any atom is -0.384 e. The van der Waals surface area contributed by atoms with Crippen molar-refractivity contribution in [1.82, 2.24) is 10.3 Å². The van der Waals surface area contributed by atoms with Crippen LogP contribution in [0.2, 0.25) is 0 Å². The fraction of sp³-hybridized carbons (Fsp3) is 0.176. The first-order chi connectivity index (χ1) is 10.2. The maximum Gasteiger partial charge on any atom is 0.251 e. The second-order valence-electron chi connectivity index (χ2n) is 4.52. The number of benzene rings is 1. The van der Waals surface area contributed by atoms with E-state index in [1.54, 1.807) is 36.7 Å². The Balaban J connectivity index is 2.03. The van der Waals surface area contributed by atoms with Crippen LogP contribution in [-0.4, -0.2) is 22.6 Å². The van der Waals surface area contributed by atoms with Gasteiger partial charge in [-0.15, -0.1) is 0 Å². The molecule has 1 amide bonds. The van der Waals surface area contributed by atoms with Crippen molar-refractivity contribution < 1.29 is 9.90 Å². The monoisotopic (exact) mass is 280 g/mol. The van der Waals surface area contributed by atoms with Crippen molar-refractivity contribution in [2.45, 2.75) is 13.0 Å². The largest absolute Gasteiger partial charge is 0.384 e. The molecule has 106 valence electrons. The van der Waals surface area contributed by atoms with Crippen LogP contribution in [0.1, 0.15) is 34.5 Å². The van der Waals surface area contributed by atoms with Gasteiger partial charge in [0.2, 0.25) is 0 Å². The van der Waals surface area contributed by atoms with E-state index in [0.717, 1.165) is 11.1 Å². The van der Waals surface area contributed by atoms with Crippen LogP contribution in [0.3, 0.4) is 0 Å². The first kappa shape index (κ1) is 14.8. The predicted molar refractivity (Wildman–Crippen MR) is 80.5 cm³/mol. The molecule has 0 radical (unpaired) electrons. The summed E-state index contributed by atoms with van der Waals surface area (Å²) in [5.74, 6) is 5.21. The molecule has 0 saturated heterocycles. The quantitative estimate of drug-likeness (QED) is 0.844. The molecule has 1 atom stereocenters. The standard InChI is InChI=1S/C17H16N2O2/c1-13(16-5-2-10-18-12-16)19-17(21)15-8-6-14(7-9-15)4-3-11-20/h2,5-10,12-13,20H,11H2,1H3,(H,19,21). The third-order valence-electron chi connectivity index (χ3n) is 2.99. The number of hydrogen-bond acceptors (Lipinski definition) is 3. The van der Waals surface area contributed by atoms with Crippen LogP contribution in [0.4, 0.5) is 0 Å². The van der Waals surface area contributed by atoms with Crippen LogP contribution in [0, 0.1) is 11.8 Å². The van der Waals surface area contributed by atoms with Crippen LogP contribution in [0.15, 0.2) is 48.8 Å². The Morgan fingerprint density at radius 1 is 1.33 bits per heavy atom. The van der Waals surface area contributed by atoms with Gasteiger partial charge in [-0.25, -0.2) is 0 Å². The highest BCUT2D eigenvalue weighted by Gasteiger charge is 2.11. The first-order valence-electron chi connectivity index (χ1n) is 6.61. The van der Waals surface area contributed by atoms with Gasteiger partial charge in [0, 0.05) is 23.5 Å². The van der Waals surface area contributed by atoms with E-state index in [2.05, 4.69) is 22.1 Å². The molecule has 1 unspecified atom stereocenters. The zero-order chi connectivity index (χ0) is 15.1. The van der Waals surface area contributed by atoms with Gasteiger partial charge < -0.3 is 10.4 Å². The summed E-state index contributed by atoms with van der Waals surface area (Å²) < 4.78 is 0. The summed E-state index contributed by atoms with van der Waals surface area (Å²) in [5.41, 5.74) is 2.29. The van der Waals surface area contributed by atoms with Crippen molar-refractivity contribution >= 4 is 5.91 Å². The Morgan fingerprint density at radius 2 is 2.10 bits per heavy atom. The second kappa shape index (κ2) is 7.22. The number of aliphatic hydroxyl groups is 1. The molecule has 0 spiro atoms. The third-order valence-corrected chi connectivity index (χ3v) is 2.99. The molecular formula is C17H16N2O2. The van der Waals surface area contributed by atoms with E-state index in [9.17, 15) is 4.79 Å². The molecule has 21 heavy (non-hydrogen) atoms. The van der Waals surface area contributed by atoms with Crippen molar-refractivity contribution in [1.29, 1.82) is 0 Å². The molecule has 1 aromatic carbocycles. The van der Waals surface area contributed by atoms with Crippen LogP contribution >= 0.6 is 0 Å². The number of pyridine rings is 1. The van der Waals surface area contributed by atoms with Gasteiger partial charge in [0.15, 0.2) is 0 Å². The molecule has 4 nitrogen and oxygen atoms in total. The highest BCUT2D eigenvalue weighted by Crippen LogP contribution is 2.11. The Kier molecular flexibility index (Phi) is 5.08. The zero-order valence-electron chi connectivity index (χ0n) is 11.7. The number of rotatable bonds is 3. The molecule has 4 heteroatoms. The van der Waals surface area contributed by atoms with Gasteiger partial charge in [0.1, 0.15) is 6.61 Å². The average molecular weight is 280 g/mol. The maximum absolute atomic E-state index is 12.1. The molecule has 2 aromatic rings. The molecule has 0 aliphatic heterocycles. The number of aliphatic hydroxyl groups excluding tert-OH is 1. The van der Waals surface area contributed by atoms with Gasteiger partial charge in [0.25, 0.3) is 5.91 Å². The molecule has 1 aromatic heterocycles. The Hall–Kier alpha value is -2.64. The van der Waals surface area contributed by atoms with Crippen molar-refractivity contribution in [2.24, 2.45) is 0 Å². The summed E-state index contributed by atoms with van der Waals surface area (Å²) in [6.07, 6.45) is 3.43. The summed E-state index contributed by atoms with van der Waals surface area (Å²) in [5, 5.41) is 11.6. The van der Waals surface area contributed by atoms with Gasteiger partial charge in [-0.1, -0.05) is 17.9 Å². The number of hydrogen-bond donors (Lipinski definition) is 2. The summed E-state index contributed by atoms with van der Waals surface area (Å²) in [7, 11) is 0. The number of amides is 1. The van der Waals surface area contributed by atoms with Crippen molar-refractivity contribution in [3.63, 3.8) is 0 Å². The normalized spacial score (nSPS) is 11.1. The topological polar surface area (TPSA) is 62.2 Å². The molecule has 0 aliphatic carbocycles. The second-order valence-corrected chi connectivity index (χ2v) is 4.52. The molecule has 1 heterocycles. The minimum absolute atomic E-state index is 0.111. The van der Waals surface area contributed by atoms with E-state index >= 15 is 0 Å². The summed E-state index contributed by atoms with van der Waals surface area (Å²) in [6, 6.07) is 10.6. The third kappa shape index (κ3) is 4.16. The van der Waals surface area contributed by atoms with E-state index in [4.69, 9.17) is 5.11 Å². The van der Waals surface area contributed by atoms with Crippen molar-refractivity contribution in [2.75, 3.05) is 6.61 Å². The lowest BCUT2D eigenvalue weighted by molar-refractivity contribution is 0.0940. The summed E-state index contributed by atoms with van der Waals surface area (Å²) in [6.45, 7) is 1.74. The fourth-order valence-electron chi connectivity index (χ4n) is 1.84. The lowest BCUT2D eigenvalue weighted by Crippen LogP contribution is -2.26. The SMILES string of the molecule is CC(NC(=O)c1ccc(C#CCO)cc1)c1cccnc1. The predicted octanol–water partition coefficient (Wildman–Crippen LogP) is 1.92. The zero-order valence-corrected chi connectivity index (χ0v) is 11.7. The van der Waals surface area contributed by atoms with E-state index in [-0.39, 0.29) is 18.6 Å². The highest BCUT2D eigenvalue weighted by atomic mass is 16.2. The summed E-state index contributed by atoms with van der Waals surface area (Å²) >= 11 is 0. The molecular weight excluding hydrogens is 264 g/mol. The molecule has 0 fully saturated rings. The number of aromatic nitrogens is 1. The van der Waals surface area contributed by atoms with Crippen LogP contribution in [0.5, 0.6) is 0 Å². The summed E-state index contributed by atoms with van der Waals surface area (Å²) in [4.78, 5) is 16.2. The van der Waals surface area contributed by atoms with Crippen molar-refractivity contribution in [3.05, 3.63) is 65.5 Å². The van der Waals surface area contributed by atoms with E-state index in [1.165, 1.54) is 0 Å². The molecule has 0 aliphatic rings. The number of carbonyl (C=O) groups is 1. The lowest BCUT2D eigenvalue weighted by Gasteiger charge is -2.13. The van der Waals surface area contributed by atoms with Gasteiger partial charge in [-0.05, 0) is 42.8 Å². The van der Waals surface area contributed by atoms with Gasteiger partial charge in [-0.2, -0.15) is 0 Å². The average Bonchev–Trinajstić information content (AvgIpc) is 2.54. The lowest BCUT2D eigenvalue weighted by atomic mass is 10.1. The van der Waals surface area contributed by atoms with Gasteiger partial charge in [0.05, 0.1) is 6.04 Å². The Labute approximate surface area is 123 Å². The minimum atomic E-state index is -0.176. The Bertz CT molecular complexity index is 655. The van der Waals surface area contributed by atoms with Crippen molar-refractivity contribution in [3.8, 4) is 11.8 Å². The smallest absolute Gasteiger partial charge is 0.251 e. The van der Waals surface area contributed by atoms with Crippen LogP contribution in [-0.2, 0) is 0 Å². The van der Waals surface area contributed by atoms with Gasteiger partial charge in [-0.3, -0.25) is 9.78 Å². The van der Waals surface area contributed by atoms with Gasteiger partial charge >= 0.3 is 0 Å². The van der Waals surface area contributed by atoms with E-state index in [0.29, 0.717) is 5.56 Å². The molecule has 0 bridgehead atoms. The fourth-order valence-corrected chi connectivity index (χ4v) is 1.84. The molecule has 0 saturated carbocycles. The highest BCUT2D eigenvalue weighted by molar-refractivity contribution is 5.94.